The minimum absolute atomic E-state index is 0.303. The normalized spacial score (nSPS) is 10.9. The molecular weight excluding hydrogens is 276 g/mol. The van der Waals surface area contributed by atoms with Gasteiger partial charge in [0.05, 0.1) is 0 Å². The van der Waals surface area contributed by atoms with Crippen LogP contribution < -0.4 is 5.73 Å². The molecule has 1 unspecified atom stereocenters. The number of carboxylic acids is 1. The summed E-state index contributed by atoms with van der Waals surface area (Å²) in [5.74, 6) is -0.997. The smallest absolute Gasteiger partial charge is 0.320 e. The molecule has 1 atom stereocenters. The lowest BCUT2D eigenvalue weighted by Gasteiger charge is -2.04. The van der Waals surface area contributed by atoms with E-state index >= 15 is 0 Å². The minimum atomic E-state index is -0.997. The summed E-state index contributed by atoms with van der Waals surface area (Å²) in [5, 5.41) is 10.3. The van der Waals surface area contributed by atoms with Crippen LogP contribution in [0.25, 0.3) is 10.9 Å². The molecule has 2 aromatic rings. The van der Waals surface area contributed by atoms with Crippen LogP contribution in [-0.4, -0.2) is 22.1 Å². The SMILES string of the molecule is CC.CC.NC(Cc1c[nH]c2cc(Cl)ccc12)C(=O)O. The molecule has 20 heavy (non-hydrogen) atoms. The molecule has 4 nitrogen and oxygen atoms in total. The fourth-order valence-electron chi connectivity index (χ4n) is 1.65. The van der Waals surface area contributed by atoms with Gasteiger partial charge in [0.2, 0.25) is 0 Å². The zero-order chi connectivity index (χ0) is 15.7. The molecule has 0 aliphatic carbocycles. The van der Waals surface area contributed by atoms with Crippen molar-refractivity contribution in [2.45, 2.75) is 40.2 Å². The van der Waals surface area contributed by atoms with E-state index in [0.29, 0.717) is 11.4 Å². The number of rotatable bonds is 3. The highest BCUT2D eigenvalue weighted by molar-refractivity contribution is 6.31. The number of fused-ring (bicyclic) bond motifs is 1. The van der Waals surface area contributed by atoms with Crippen molar-refractivity contribution in [2.24, 2.45) is 5.73 Å². The molecule has 1 aromatic carbocycles. The van der Waals surface area contributed by atoms with E-state index in [1.54, 1.807) is 18.3 Å². The maximum Gasteiger partial charge on any atom is 0.320 e. The minimum Gasteiger partial charge on any atom is -0.480 e. The maximum absolute atomic E-state index is 10.7. The molecule has 0 spiro atoms. The number of halogens is 1. The molecule has 0 aliphatic heterocycles. The van der Waals surface area contributed by atoms with Gasteiger partial charge >= 0.3 is 5.97 Å². The van der Waals surface area contributed by atoms with Gasteiger partial charge in [0.25, 0.3) is 0 Å². The number of benzene rings is 1. The Hall–Kier alpha value is -1.52. The van der Waals surface area contributed by atoms with E-state index in [2.05, 4.69) is 4.98 Å². The number of carboxylic acid groups (broad SMARTS) is 1. The van der Waals surface area contributed by atoms with Gasteiger partial charge in [-0.25, -0.2) is 0 Å². The average Bonchev–Trinajstić information content (AvgIpc) is 2.85. The van der Waals surface area contributed by atoms with E-state index in [0.717, 1.165) is 16.5 Å². The van der Waals surface area contributed by atoms with E-state index in [-0.39, 0.29) is 0 Å². The largest absolute Gasteiger partial charge is 0.480 e. The van der Waals surface area contributed by atoms with Crippen LogP contribution in [0, 0.1) is 0 Å². The molecule has 0 saturated carbocycles. The molecule has 0 radical (unpaired) electrons. The predicted octanol–water partition coefficient (Wildman–Crippen LogP) is 3.83. The van der Waals surface area contributed by atoms with Gasteiger partial charge in [-0.3, -0.25) is 4.79 Å². The lowest BCUT2D eigenvalue weighted by atomic mass is 10.1. The zero-order valence-corrected chi connectivity index (χ0v) is 13.2. The molecule has 0 saturated heterocycles. The first kappa shape index (κ1) is 18.5. The van der Waals surface area contributed by atoms with Crippen LogP contribution in [0.5, 0.6) is 0 Å². The quantitative estimate of drug-likeness (QED) is 0.805. The highest BCUT2D eigenvalue weighted by Crippen LogP contribution is 2.22. The summed E-state index contributed by atoms with van der Waals surface area (Å²) >= 11 is 5.85. The van der Waals surface area contributed by atoms with Crippen LogP contribution in [0.2, 0.25) is 5.02 Å². The van der Waals surface area contributed by atoms with E-state index in [4.69, 9.17) is 22.4 Å². The number of H-pyrrole nitrogens is 1. The van der Waals surface area contributed by atoms with Crippen molar-refractivity contribution >= 4 is 28.5 Å². The Morgan fingerprint density at radius 1 is 1.35 bits per heavy atom. The van der Waals surface area contributed by atoms with Gasteiger partial charge in [0, 0.05) is 28.5 Å². The molecule has 4 N–H and O–H groups in total. The van der Waals surface area contributed by atoms with Gasteiger partial charge < -0.3 is 15.8 Å². The number of aromatic nitrogens is 1. The monoisotopic (exact) mass is 298 g/mol. The summed E-state index contributed by atoms with van der Waals surface area (Å²) in [7, 11) is 0. The van der Waals surface area contributed by atoms with Gasteiger partial charge in [0.1, 0.15) is 6.04 Å². The highest BCUT2D eigenvalue weighted by atomic mass is 35.5. The van der Waals surface area contributed by atoms with Crippen molar-refractivity contribution in [3.63, 3.8) is 0 Å². The molecular formula is C15H23ClN2O2. The number of aromatic amines is 1. The summed E-state index contributed by atoms with van der Waals surface area (Å²) in [5.41, 5.74) is 7.27. The number of hydrogen-bond donors (Lipinski definition) is 3. The predicted molar refractivity (Wildman–Crippen MR) is 85.3 cm³/mol. The number of hydrogen-bond acceptors (Lipinski definition) is 2. The molecule has 1 aromatic heterocycles. The van der Waals surface area contributed by atoms with Crippen LogP contribution in [0.1, 0.15) is 33.3 Å². The van der Waals surface area contributed by atoms with Crippen LogP contribution in [0.3, 0.4) is 0 Å². The first-order chi connectivity index (χ1) is 9.58. The number of carbonyl (C=O) groups is 1. The molecule has 5 heteroatoms. The second-order valence-corrected chi connectivity index (χ2v) is 4.09. The van der Waals surface area contributed by atoms with Crippen molar-refractivity contribution in [3.05, 3.63) is 35.0 Å². The maximum atomic E-state index is 10.7. The van der Waals surface area contributed by atoms with Gasteiger partial charge in [-0.2, -0.15) is 0 Å². The van der Waals surface area contributed by atoms with E-state index in [9.17, 15) is 4.79 Å². The Balaban J connectivity index is 0.000000829. The number of nitrogens with two attached hydrogens (primary N) is 1. The third kappa shape index (κ3) is 4.87. The van der Waals surface area contributed by atoms with Crippen molar-refractivity contribution in [2.75, 3.05) is 0 Å². The second-order valence-electron chi connectivity index (χ2n) is 3.65. The van der Waals surface area contributed by atoms with E-state index in [1.807, 2.05) is 33.8 Å². The summed E-state index contributed by atoms with van der Waals surface area (Å²) in [4.78, 5) is 13.7. The molecule has 1 heterocycles. The van der Waals surface area contributed by atoms with Crippen LogP contribution in [0.15, 0.2) is 24.4 Å². The Kier molecular flexibility index (Phi) is 8.68. The Morgan fingerprint density at radius 2 is 1.95 bits per heavy atom. The van der Waals surface area contributed by atoms with Gasteiger partial charge in [-0.15, -0.1) is 0 Å². The van der Waals surface area contributed by atoms with Gasteiger partial charge in [-0.05, 0) is 17.7 Å². The third-order valence-electron chi connectivity index (χ3n) is 2.49. The van der Waals surface area contributed by atoms with Crippen molar-refractivity contribution < 1.29 is 9.90 Å². The average molecular weight is 299 g/mol. The molecule has 0 fully saturated rings. The van der Waals surface area contributed by atoms with Crippen LogP contribution >= 0.6 is 11.6 Å². The standard InChI is InChI=1S/C11H11ClN2O2.2C2H6/c12-7-1-2-8-6(3-9(13)11(15)16)5-14-10(8)4-7;2*1-2/h1-2,4-5,9,14H,3,13H2,(H,15,16);2*1-2H3. The third-order valence-corrected chi connectivity index (χ3v) is 2.72. The molecule has 0 amide bonds. The van der Waals surface area contributed by atoms with E-state index < -0.39 is 12.0 Å². The Bertz CT molecular complexity index is 538. The zero-order valence-electron chi connectivity index (χ0n) is 12.4. The molecule has 0 bridgehead atoms. The lowest BCUT2D eigenvalue weighted by Crippen LogP contribution is -2.32. The molecule has 112 valence electrons. The summed E-state index contributed by atoms with van der Waals surface area (Å²) in [6.45, 7) is 8.00. The van der Waals surface area contributed by atoms with Crippen LogP contribution in [0.4, 0.5) is 0 Å². The Labute approximate surface area is 124 Å². The highest BCUT2D eigenvalue weighted by Gasteiger charge is 2.14. The van der Waals surface area contributed by atoms with Gasteiger partial charge in [-0.1, -0.05) is 45.4 Å². The van der Waals surface area contributed by atoms with E-state index in [1.165, 1.54) is 0 Å². The topological polar surface area (TPSA) is 79.1 Å². The number of nitrogens with one attached hydrogen (secondary N) is 1. The van der Waals surface area contributed by atoms with Gasteiger partial charge in [0.15, 0.2) is 0 Å². The van der Waals surface area contributed by atoms with Crippen LogP contribution in [-0.2, 0) is 11.2 Å². The second kappa shape index (κ2) is 9.39. The van der Waals surface area contributed by atoms with Crippen molar-refractivity contribution in [1.29, 1.82) is 0 Å². The summed E-state index contributed by atoms with van der Waals surface area (Å²) < 4.78 is 0. The summed E-state index contributed by atoms with van der Waals surface area (Å²) in [6, 6.07) is 4.55. The number of aliphatic carboxylic acids is 1. The Morgan fingerprint density at radius 3 is 2.50 bits per heavy atom. The first-order valence-corrected chi connectivity index (χ1v) is 7.19. The molecule has 2 rings (SSSR count). The first-order valence-electron chi connectivity index (χ1n) is 6.82. The summed E-state index contributed by atoms with van der Waals surface area (Å²) in [6.07, 6.45) is 2.07. The van der Waals surface area contributed by atoms with Crippen molar-refractivity contribution in [3.8, 4) is 0 Å². The van der Waals surface area contributed by atoms with Crippen molar-refractivity contribution in [1.82, 2.24) is 4.98 Å². The fraction of sp³-hybridized carbons (Fsp3) is 0.400. The molecule has 0 aliphatic rings. The lowest BCUT2D eigenvalue weighted by molar-refractivity contribution is -0.138. The fourth-order valence-corrected chi connectivity index (χ4v) is 1.82.